The Morgan fingerprint density at radius 1 is 0.848 bits per heavy atom. The third kappa shape index (κ3) is 7.53. The smallest absolute Gasteiger partial charge is 0.251 e. The Balaban J connectivity index is 1.48. The number of rotatable bonds is 8. The van der Waals surface area contributed by atoms with Gasteiger partial charge in [0.2, 0.25) is 5.91 Å². The van der Waals surface area contributed by atoms with Gasteiger partial charge in [0.05, 0.1) is 19.4 Å². The number of hydrogen-bond donors (Lipinski definition) is 4. The maximum absolute atomic E-state index is 12.3. The first-order chi connectivity index (χ1) is 15.7. The highest BCUT2D eigenvalue weighted by Crippen LogP contribution is 2.13. The average Bonchev–Trinajstić information content (AvgIpc) is 3.29. The van der Waals surface area contributed by atoms with Crippen LogP contribution in [0.2, 0.25) is 0 Å². The van der Waals surface area contributed by atoms with Crippen LogP contribution in [0.4, 0.5) is 11.4 Å². The molecule has 1 aromatic heterocycles. The van der Waals surface area contributed by atoms with Crippen molar-refractivity contribution in [2.24, 2.45) is 0 Å². The van der Waals surface area contributed by atoms with Gasteiger partial charge in [0.15, 0.2) is 0 Å². The van der Waals surface area contributed by atoms with Crippen molar-refractivity contribution >= 4 is 29.1 Å². The Hall–Kier alpha value is -4.07. The molecular weight excluding hydrogens is 420 g/mol. The molecule has 0 atom stereocenters. The molecule has 0 aliphatic rings. The van der Waals surface area contributed by atoms with Gasteiger partial charge in [-0.25, -0.2) is 0 Å². The fourth-order valence-electron chi connectivity index (χ4n) is 2.96. The highest BCUT2D eigenvalue weighted by molar-refractivity contribution is 5.97. The number of hydrogen-bond acceptors (Lipinski definition) is 5. The summed E-state index contributed by atoms with van der Waals surface area (Å²) in [6.07, 6.45) is 1.55. The Kier molecular flexibility index (Phi) is 7.50. The van der Waals surface area contributed by atoms with E-state index in [-0.39, 0.29) is 29.8 Å². The molecule has 4 N–H and O–H groups in total. The van der Waals surface area contributed by atoms with Crippen LogP contribution in [0, 0.1) is 0 Å². The molecule has 0 aliphatic heterocycles. The first-order valence-electron chi connectivity index (χ1n) is 10.6. The van der Waals surface area contributed by atoms with Gasteiger partial charge in [0.25, 0.3) is 11.8 Å². The molecule has 0 aliphatic carbocycles. The predicted molar refractivity (Wildman–Crippen MR) is 127 cm³/mol. The topological polar surface area (TPSA) is 112 Å². The van der Waals surface area contributed by atoms with Gasteiger partial charge >= 0.3 is 0 Å². The third-order valence-corrected chi connectivity index (χ3v) is 4.50. The number of amides is 3. The van der Waals surface area contributed by atoms with Crippen LogP contribution in [0.1, 0.15) is 47.2 Å². The lowest BCUT2D eigenvalue weighted by molar-refractivity contribution is -0.114. The molecule has 3 rings (SSSR count). The van der Waals surface area contributed by atoms with Gasteiger partial charge in [-0.1, -0.05) is 6.07 Å². The van der Waals surface area contributed by atoms with E-state index in [0.29, 0.717) is 34.8 Å². The van der Waals surface area contributed by atoms with E-state index in [1.807, 2.05) is 20.8 Å². The van der Waals surface area contributed by atoms with E-state index in [4.69, 9.17) is 4.42 Å². The zero-order valence-corrected chi connectivity index (χ0v) is 18.9. The molecule has 8 nitrogen and oxygen atoms in total. The molecule has 0 saturated heterocycles. The lowest BCUT2D eigenvalue weighted by Gasteiger charge is -2.20. The average molecular weight is 449 g/mol. The van der Waals surface area contributed by atoms with E-state index >= 15 is 0 Å². The number of anilines is 2. The molecule has 8 heteroatoms. The fourth-order valence-corrected chi connectivity index (χ4v) is 2.96. The molecular formula is C25H28N4O4. The summed E-state index contributed by atoms with van der Waals surface area (Å²) in [4.78, 5) is 36.8. The van der Waals surface area contributed by atoms with Gasteiger partial charge in [-0.3, -0.25) is 14.4 Å². The van der Waals surface area contributed by atoms with Crippen molar-refractivity contribution in [1.82, 2.24) is 10.6 Å². The van der Waals surface area contributed by atoms with E-state index in [0.717, 1.165) is 0 Å². The van der Waals surface area contributed by atoms with Crippen LogP contribution in [-0.2, 0) is 11.3 Å². The normalized spacial score (nSPS) is 10.9. The van der Waals surface area contributed by atoms with Gasteiger partial charge in [0, 0.05) is 28.0 Å². The SMILES string of the molecule is CC(C)(C)NC(=O)c1cccc(NCC(=O)Nc2ccc(C(=O)NCc3ccco3)cc2)c1. The summed E-state index contributed by atoms with van der Waals surface area (Å²) in [6.45, 7) is 6.07. The number of nitrogens with one attached hydrogen (secondary N) is 4. The van der Waals surface area contributed by atoms with Crippen molar-refractivity contribution in [3.8, 4) is 0 Å². The highest BCUT2D eigenvalue weighted by atomic mass is 16.3. The second-order valence-electron chi connectivity index (χ2n) is 8.53. The molecule has 3 amide bonds. The van der Waals surface area contributed by atoms with Crippen molar-refractivity contribution in [2.45, 2.75) is 32.9 Å². The minimum absolute atomic E-state index is 0.0235. The lowest BCUT2D eigenvalue weighted by Crippen LogP contribution is -2.40. The van der Waals surface area contributed by atoms with Crippen LogP contribution in [0.3, 0.4) is 0 Å². The largest absolute Gasteiger partial charge is 0.467 e. The van der Waals surface area contributed by atoms with E-state index < -0.39 is 0 Å². The van der Waals surface area contributed by atoms with Crippen LogP contribution in [0.25, 0.3) is 0 Å². The molecule has 3 aromatic rings. The van der Waals surface area contributed by atoms with Crippen LogP contribution in [0.15, 0.2) is 71.3 Å². The molecule has 172 valence electrons. The minimum Gasteiger partial charge on any atom is -0.467 e. The molecule has 2 aromatic carbocycles. The Labute approximate surface area is 192 Å². The first-order valence-corrected chi connectivity index (χ1v) is 10.6. The van der Waals surface area contributed by atoms with Gasteiger partial charge in [0.1, 0.15) is 5.76 Å². The molecule has 0 unspecified atom stereocenters. The predicted octanol–water partition coefficient (Wildman–Crippen LogP) is 3.79. The summed E-state index contributed by atoms with van der Waals surface area (Å²) in [5.41, 5.74) is 1.88. The molecule has 0 bridgehead atoms. The van der Waals surface area contributed by atoms with E-state index in [1.165, 1.54) is 0 Å². The standard InChI is InChI=1S/C25H28N4O4/c1-25(2,3)29-24(32)18-6-4-7-20(14-18)26-16-22(30)28-19-11-9-17(10-12-19)23(31)27-15-21-8-5-13-33-21/h4-14,26H,15-16H2,1-3H3,(H,27,31)(H,28,30)(H,29,32). The monoisotopic (exact) mass is 448 g/mol. The third-order valence-electron chi connectivity index (χ3n) is 4.50. The Bertz CT molecular complexity index is 1100. The summed E-state index contributed by atoms with van der Waals surface area (Å²) < 4.78 is 5.19. The zero-order valence-electron chi connectivity index (χ0n) is 18.9. The van der Waals surface area contributed by atoms with Gasteiger partial charge < -0.3 is 25.7 Å². The van der Waals surface area contributed by atoms with Crippen LogP contribution >= 0.6 is 0 Å². The number of benzene rings is 2. The number of carbonyl (C=O) groups is 3. The van der Waals surface area contributed by atoms with Gasteiger partial charge in [-0.15, -0.1) is 0 Å². The first kappa shape index (κ1) is 23.6. The summed E-state index contributed by atoms with van der Waals surface area (Å²) in [5, 5.41) is 11.5. The highest BCUT2D eigenvalue weighted by Gasteiger charge is 2.15. The number of furan rings is 1. The maximum Gasteiger partial charge on any atom is 0.251 e. The van der Waals surface area contributed by atoms with Crippen molar-refractivity contribution in [2.75, 3.05) is 17.2 Å². The summed E-state index contributed by atoms with van der Waals surface area (Å²) in [6, 6.07) is 17.1. The lowest BCUT2D eigenvalue weighted by atomic mass is 10.1. The molecule has 0 fully saturated rings. The van der Waals surface area contributed by atoms with Gasteiger partial charge in [-0.05, 0) is 75.4 Å². The zero-order chi connectivity index (χ0) is 23.8. The maximum atomic E-state index is 12.3. The molecule has 33 heavy (non-hydrogen) atoms. The second-order valence-corrected chi connectivity index (χ2v) is 8.53. The van der Waals surface area contributed by atoms with Crippen molar-refractivity contribution in [1.29, 1.82) is 0 Å². The second kappa shape index (κ2) is 10.5. The molecule has 0 spiro atoms. The van der Waals surface area contributed by atoms with Crippen LogP contribution in [-0.4, -0.2) is 29.8 Å². The van der Waals surface area contributed by atoms with E-state index in [1.54, 1.807) is 66.9 Å². The van der Waals surface area contributed by atoms with E-state index in [9.17, 15) is 14.4 Å². The Morgan fingerprint density at radius 3 is 2.27 bits per heavy atom. The van der Waals surface area contributed by atoms with Crippen LogP contribution in [0.5, 0.6) is 0 Å². The van der Waals surface area contributed by atoms with Crippen molar-refractivity contribution in [3.05, 3.63) is 83.8 Å². The Morgan fingerprint density at radius 2 is 1.61 bits per heavy atom. The summed E-state index contributed by atoms with van der Waals surface area (Å²) in [7, 11) is 0. The summed E-state index contributed by atoms with van der Waals surface area (Å²) >= 11 is 0. The molecule has 1 heterocycles. The van der Waals surface area contributed by atoms with E-state index in [2.05, 4.69) is 21.3 Å². The molecule has 0 radical (unpaired) electrons. The fraction of sp³-hybridized carbons (Fsp3) is 0.240. The number of carbonyl (C=O) groups excluding carboxylic acids is 3. The van der Waals surface area contributed by atoms with Crippen LogP contribution < -0.4 is 21.3 Å². The van der Waals surface area contributed by atoms with Crippen molar-refractivity contribution in [3.63, 3.8) is 0 Å². The molecule has 0 saturated carbocycles. The summed E-state index contributed by atoms with van der Waals surface area (Å²) in [5.74, 6) is -0.000111. The quantitative estimate of drug-likeness (QED) is 0.419. The van der Waals surface area contributed by atoms with Gasteiger partial charge in [-0.2, -0.15) is 0 Å². The minimum atomic E-state index is -0.337. The van der Waals surface area contributed by atoms with Crippen molar-refractivity contribution < 1.29 is 18.8 Å².